The molecule has 0 saturated heterocycles. The fraction of sp³-hybridized carbons (Fsp3) is 0.909. The van der Waals surface area contributed by atoms with Gasteiger partial charge < -0.3 is 4.74 Å². The molecule has 3 nitrogen and oxygen atoms in total. The molecule has 0 atom stereocenters. The summed E-state index contributed by atoms with van der Waals surface area (Å²) in [6.45, 7) is 0.304. The Labute approximate surface area is 85.5 Å². The molecule has 0 N–H and O–H groups in total. The number of carbonyl (C=O) groups excluding carboxylic acids is 1. The quantitative estimate of drug-likeness (QED) is 0.396. The van der Waals surface area contributed by atoms with Crippen LogP contribution in [0, 0.1) is 5.92 Å². The van der Waals surface area contributed by atoms with Crippen molar-refractivity contribution in [3.05, 3.63) is 0 Å². The molecule has 1 radical (unpaired) electrons. The van der Waals surface area contributed by atoms with Gasteiger partial charge >= 0.3 is 6.16 Å². The van der Waals surface area contributed by atoms with Crippen molar-refractivity contribution in [3.8, 4) is 0 Å². The predicted octanol–water partition coefficient (Wildman–Crippen LogP) is 3.30. The zero-order chi connectivity index (χ0) is 10.2. The summed E-state index contributed by atoms with van der Waals surface area (Å²) >= 11 is 0. The molecule has 0 aromatic rings. The first-order valence-corrected chi connectivity index (χ1v) is 5.63. The van der Waals surface area contributed by atoms with Gasteiger partial charge in [0.15, 0.2) is 0 Å². The third-order valence-electron chi connectivity index (χ3n) is 2.95. The molecule has 81 valence electrons. The lowest BCUT2D eigenvalue weighted by Crippen LogP contribution is -2.04. The van der Waals surface area contributed by atoms with E-state index in [1.807, 2.05) is 0 Å². The fourth-order valence-corrected chi connectivity index (χ4v) is 2.18. The minimum absolute atomic E-state index is 0.304. The average molecular weight is 199 g/mol. The summed E-state index contributed by atoms with van der Waals surface area (Å²) in [5.74, 6) is 0.794. The van der Waals surface area contributed by atoms with E-state index in [-0.39, 0.29) is 0 Å². The van der Waals surface area contributed by atoms with Crippen LogP contribution in [0.3, 0.4) is 0 Å². The Kier molecular flexibility index (Phi) is 5.42. The summed E-state index contributed by atoms with van der Waals surface area (Å²) in [5.41, 5.74) is 0. The van der Waals surface area contributed by atoms with Gasteiger partial charge in [0.05, 0.1) is 6.61 Å². The third-order valence-corrected chi connectivity index (χ3v) is 2.95. The van der Waals surface area contributed by atoms with Crippen LogP contribution in [-0.2, 0) is 9.84 Å². The molecule has 0 amide bonds. The second-order valence-corrected chi connectivity index (χ2v) is 4.10. The smallest absolute Gasteiger partial charge is 0.432 e. The standard InChI is InChI=1S/C11H19O3/c12-11(13)14-9-5-8-10-6-3-1-2-4-7-10/h10H,1-9H2. The topological polar surface area (TPSA) is 46.2 Å². The molecule has 0 aromatic heterocycles. The lowest BCUT2D eigenvalue weighted by molar-refractivity contribution is 0.0654. The molecular formula is C11H19O3. The predicted molar refractivity (Wildman–Crippen MR) is 52.5 cm³/mol. The van der Waals surface area contributed by atoms with Gasteiger partial charge in [0.2, 0.25) is 0 Å². The summed E-state index contributed by atoms with van der Waals surface area (Å²) in [6.07, 6.45) is 8.59. The third kappa shape index (κ3) is 5.10. The van der Waals surface area contributed by atoms with E-state index in [0.717, 1.165) is 18.8 Å². The molecule has 0 heterocycles. The summed E-state index contributed by atoms with van der Waals surface area (Å²) in [4.78, 5) is 9.97. The zero-order valence-electron chi connectivity index (χ0n) is 8.67. The van der Waals surface area contributed by atoms with Crippen molar-refractivity contribution < 1.29 is 14.6 Å². The first kappa shape index (κ1) is 11.3. The first-order chi connectivity index (χ1) is 6.79. The van der Waals surface area contributed by atoms with Gasteiger partial charge in [-0.1, -0.05) is 38.5 Å². The fourth-order valence-electron chi connectivity index (χ4n) is 2.18. The Morgan fingerprint density at radius 2 is 1.79 bits per heavy atom. The average Bonchev–Trinajstić information content (AvgIpc) is 2.40. The molecule has 3 heteroatoms. The first-order valence-electron chi connectivity index (χ1n) is 5.63. The van der Waals surface area contributed by atoms with E-state index in [0.29, 0.717) is 6.61 Å². The highest BCUT2D eigenvalue weighted by Crippen LogP contribution is 2.26. The summed E-state index contributed by atoms with van der Waals surface area (Å²) < 4.78 is 4.37. The summed E-state index contributed by atoms with van der Waals surface area (Å²) in [6, 6.07) is 0. The Balaban J connectivity index is 2.01. The van der Waals surface area contributed by atoms with E-state index in [1.54, 1.807) is 0 Å². The maximum absolute atomic E-state index is 9.97. The maximum atomic E-state index is 9.97. The molecule has 1 fully saturated rings. The van der Waals surface area contributed by atoms with Gasteiger partial charge in [-0.2, -0.15) is 9.90 Å². The van der Waals surface area contributed by atoms with Gasteiger partial charge in [0.25, 0.3) is 0 Å². The number of hydrogen-bond acceptors (Lipinski definition) is 2. The number of hydrogen-bond donors (Lipinski definition) is 0. The van der Waals surface area contributed by atoms with Crippen molar-refractivity contribution in [2.24, 2.45) is 5.92 Å². The van der Waals surface area contributed by atoms with E-state index in [9.17, 15) is 9.90 Å². The van der Waals surface area contributed by atoms with Crippen molar-refractivity contribution in [3.63, 3.8) is 0 Å². The largest absolute Gasteiger partial charge is 0.549 e. The van der Waals surface area contributed by atoms with Crippen LogP contribution in [0.1, 0.15) is 51.4 Å². The Morgan fingerprint density at radius 1 is 1.14 bits per heavy atom. The molecule has 1 rings (SSSR count). The highest BCUT2D eigenvalue weighted by atomic mass is 16.7. The number of carbonyl (C=O) groups is 1. The van der Waals surface area contributed by atoms with E-state index >= 15 is 0 Å². The SMILES string of the molecule is [O]C(=O)OCCCC1CCCCCC1. The lowest BCUT2D eigenvalue weighted by atomic mass is 9.95. The van der Waals surface area contributed by atoms with Crippen LogP contribution in [0.25, 0.3) is 0 Å². The van der Waals surface area contributed by atoms with E-state index in [4.69, 9.17) is 0 Å². The van der Waals surface area contributed by atoms with Crippen molar-refractivity contribution in [1.82, 2.24) is 0 Å². The summed E-state index contributed by atoms with van der Waals surface area (Å²) in [7, 11) is 0. The molecule has 0 spiro atoms. The lowest BCUT2D eigenvalue weighted by Gasteiger charge is -2.12. The number of rotatable bonds is 4. The molecule has 14 heavy (non-hydrogen) atoms. The number of ether oxygens (including phenoxy) is 1. The molecule has 1 aliphatic rings. The van der Waals surface area contributed by atoms with E-state index in [1.165, 1.54) is 38.5 Å². The van der Waals surface area contributed by atoms with Crippen molar-refractivity contribution in [1.29, 1.82) is 0 Å². The van der Waals surface area contributed by atoms with Gasteiger partial charge in [-0.3, -0.25) is 0 Å². The minimum Gasteiger partial charge on any atom is -0.432 e. The molecule has 0 unspecified atom stereocenters. The van der Waals surface area contributed by atoms with E-state index in [2.05, 4.69) is 4.74 Å². The van der Waals surface area contributed by atoms with Crippen LogP contribution in [0.2, 0.25) is 0 Å². The van der Waals surface area contributed by atoms with Gasteiger partial charge in [-0.15, -0.1) is 0 Å². The molecule has 0 aromatic carbocycles. The van der Waals surface area contributed by atoms with Crippen LogP contribution in [0.15, 0.2) is 0 Å². The van der Waals surface area contributed by atoms with Crippen LogP contribution in [-0.4, -0.2) is 12.8 Å². The molecule has 0 bridgehead atoms. The van der Waals surface area contributed by atoms with Gasteiger partial charge in [-0.25, -0.2) is 0 Å². The van der Waals surface area contributed by atoms with Crippen molar-refractivity contribution in [2.45, 2.75) is 51.4 Å². The van der Waals surface area contributed by atoms with Crippen molar-refractivity contribution >= 4 is 6.16 Å². The van der Waals surface area contributed by atoms with Gasteiger partial charge in [0, 0.05) is 0 Å². The maximum Gasteiger partial charge on any atom is 0.549 e. The highest BCUT2D eigenvalue weighted by molar-refractivity contribution is 5.56. The Morgan fingerprint density at radius 3 is 2.36 bits per heavy atom. The molecule has 1 saturated carbocycles. The van der Waals surface area contributed by atoms with E-state index < -0.39 is 6.16 Å². The van der Waals surface area contributed by atoms with Crippen LogP contribution in [0.5, 0.6) is 0 Å². The van der Waals surface area contributed by atoms with Crippen LogP contribution < -0.4 is 0 Å². The van der Waals surface area contributed by atoms with Crippen molar-refractivity contribution in [2.75, 3.05) is 6.61 Å². The monoisotopic (exact) mass is 199 g/mol. The van der Waals surface area contributed by atoms with Crippen LogP contribution in [0.4, 0.5) is 4.79 Å². The summed E-state index contributed by atoms with van der Waals surface area (Å²) in [5, 5.41) is 9.97. The molecule has 0 aliphatic heterocycles. The Hall–Kier alpha value is -0.730. The zero-order valence-corrected chi connectivity index (χ0v) is 8.67. The minimum atomic E-state index is -1.40. The molecule has 1 aliphatic carbocycles. The molecular weight excluding hydrogens is 180 g/mol. The Bertz CT molecular complexity index is 160. The normalized spacial score (nSPS) is 18.9. The second-order valence-electron chi connectivity index (χ2n) is 4.10. The van der Waals surface area contributed by atoms with Crippen LogP contribution >= 0.6 is 0 Å². The van der Waals surface area contributed by atoms with Gasteiger partial charge in [-0.05, 0) is 18.8 Å². The highest BCUT2D eigenvalue weighted by Gasteiger charge is 2.11. The second kappa shape index (κ2) is 6.68. The van der Waals surface area contributed by atoms with Gasteiger partial charge in [0.1, 0.15) is 0 Å².